The second-order valence-electron chi connectivity index (χ2n) is 5.25. The van der Waals surface area contributed by atoms with Crippen molar-refractivity contribution in [3.05, 3.63) is 17.6 Å². The van der Waals surface area contributed by atoms with Crippen molar-refractivity contribution in [2.24, 2.45) is 5.92 Å². The van der Waals surface area contributed by atoms with Crippen LogP contribution in [0.25, 0.3) is 0 Å². The molecule has 0 N–H and O–H groups in total. The molecule has 1 saturated carbocycles. The lowest BCUT2D eigenvalue weighted by atomic mass is 9.94. The summed E-state index contributed by atoms with van der Waals surface area (Å²) in [6.07, 6.45) is 2.38. The van der Waals surface area contributed by atoms with Gasteiger partial charge < -0.3 is 9.15 Å². The Balaban J connectivity index is 2.06. The van der Waals surface area contributed by atoms with Crippen molar-refractivity contribution in [1.82, 2.24) is 0 Å². The van der Waals surface area contributed by atoms with E-state index in [9.17, 15) is 4.39 Å². The van der Waals surface area contributed by atoms with Crippen LogP contribution in [0.3, 0.4) is 0 Å². The summed E-state index contributed by atoms with van der Waals surface area (Å²) in [5, 5.41) is 0. The standard InChI is InChI=1S/C12H17FO2/c1-12(2,3)10-6-9(13)11(15-10)14-7-8-4-5-8/h6,8H,4-5,7H2,1-3H3. The van der Waals surface area contributed by atoms with E-state index in [-0.39, 0.29) is 17.2 Å². The first-order valence-electron chi connectivity index (χ1n) is 5.39. The van der Waals surface area contributed by atoms with Crippen LogP contribution in [0.4, 0.5) is 4.39 Å². The monoisotopic (exact) mass is 212 g/mol. The van der Waals surface area contributed by atoms with E-state index in [4.69, 9.17) is 9.15 Å². The topological polar surface area (TPSA) is 22.4 Å². The molecule has 0 spiro atoms. The minimum absolute atomic E-state index is 0.0480. The molecule has 2 nitrogen and oxygen atoms in total. The van der Waals surface area contributed by atoms with E-state index in [1.165, 1.54) is 18.9 Å². The van der Waals surface area contributed by atoms with Crippen LogP contribution in [0.5, 0.6) is 5.95 Å². The van der Waals surface area contributed by atoms with Crippen molar-refractivity contribution in [3.8, 4) is 5.95 Å². The number of furan rings is 1. The van der Waals surface area contributed by atoms with Crippen molar-refractivity contribution in [2.75, 3.05) is 6.61 Å². The van der Waals surface area contributed by atoms with Crippen LogP contribution in [-0.4, -0.2) is 6.61 Å². The number of rotatable bonds is 3. The Labute approximate surface area is 89.4 Å². The van der Waals surface area contributed by atoms with E-state index in [0.29, 0.717) is 18.3 Å². The van der Waals surface area contributed by atoms with Crippen LogP contribution in [0.15, 0.2) is 10.5 Å². The second-order valence-corrected chi connectivity index (χ2v) is 5.25. The molecule has 15 heavy (non-hydrogen) atoms. The highest BCUT2D eigenvalue weighted by Gasteiger charge is 2.26. The molecule has 1 aromatic rings. The maximum absolute atomic E-state index is 13.4. The lowest BCUT2D eigenvalue weighted by Gasteiger charge is -2.13. The zero-order chi connectivity index (χ0) is 11.1. The smallest absolute Gasteiger partial charge is 0.322 e. The van der Waals surface area contributed by atoms with E-state index in [2.05, 4.69) is 0 Å². The van der Waals surface area contributed by atoms with Crippen molar-refractivity contribution >= 4 is 0 Å². The Morgan fingerprint density at radius 2 is 2.13 bits per heavy atom. The molecule has 0 saturated heterocycles. The molecule has 1 aliphatic rings. The van der Waals surface area contributed by atoms with Crippen LogP contribution in [-0.2, 0) is 5.41 Å². The van der Waals surface area contributed by atoms with E-state index in [1.54, 1.807) is 0 Å². The predicted octanol–water partition coefficient (Wildman–Crippen LogP) is 3.51. The molecule has 1 fully saturated rings. The molecule has 1 heterocycles. The van der Waals surface area contributed by atoms with Crippen LogP contribution >= 0.6 is 0 Å². The van der Waals surface area contributed by atoms with Gasteiger partial charge in [-0.3, -0.25) is 0 Å². The highest BCUT2D eigenvalue weighted by Crippen LogP contribution is 2.33. The third-order valence-electron chi connectivity index (χ3n) is 2.54. The highest BCUT2D eigenvalue weighted by molar-refractivity contribution is 5.20. The van der Waals surface area contributed by atoms with E-state index < -0.39 is 0 Å². The summed E-state index contributed by atoms with van der Waals surface area (Å²) in [4.78, 5) is 0. The number of ether oxygens (including phenoxy) is 1. The first-order valence-corrected chi connectivity index (χ1v) is 5.39. The maximum atomic E-state index is 13.4. The van der Waals surface area contributed by atoms with Crippen molar-refractivity contribution < 1.29 is 13.5 Å². The predicted molar refractivity (Wildman–Crippen MR) is 55.6 cm³/mol. The SMILES string of the molecule is CC(C)(C)c1cc(F)c(OCC2CC2)o1. The molecule has 0 bridgehead atoms. The highest BCUT2D eigenvalue weighted by atomic mass is 19.1. The molecule has 1 aromatic heterocycles. The molecular weight excluding hydrogens is 195 g/mol. The van der Waals surface area contributed by atoms with Crippen LogP contribution < -0.4 is 4.74 Å². The molecule has 84 valence electrons. The largest absolute Gasteiger partial charge is 0.463 e. The van der Waals surface area contributed by atoms with Crippen molar-refractivity contribution in [1.29, 1.82) is 0 Å². The lowest BCUT2D eigenvalue weighted by molar-refractivity contribution is 0.206. The van der Waals surface area contributed by atoms with Crippen LogP contribution in [0.1, 0.15) is 39.4 Å². The Kier molecular flexibility index (Phi) is 2.49. The first kappa shape index (κ1) is 10.5. The van der Waals surface area contributed by atoms with Crippen molar-refractivity contribution in [3.63, 3.8) is 0 Å². The van der Waals surface area contributed by atoms with Gasteiger partial charge in [0.15, 0.2) is 0 Å². The summed E-state index contributed by atoms with van der Waals surface area (Å²) in [5.74, 6) is 0.894. The van der Waals surface area contributed by atoms with Crippen molar-refractivity contribution in [2.45, 2.75) is 39.0 Å². The van der Waals surface area contributed by atoms with Gasteiger partial charge in [-0.1, -0.05) is 20.8 Å². The zero-order valence-electron chi connectivity index (χ0n) is 9.47. The quantitative estimate of drug-likeness (QED) is 0.765. The summed E-state index contributed by atoms with van der Waals surface area (Å²) in [6.45, 7) is 6.52. The Morgan fingerprint density at radius 3 is 2.60 bits per heavy atom. The number of hydrogen-bond donors (Lipinski definition) is 0. The van der Waals surface area contributed by atoms with Gasteiger partial charge in [0, 0.05) is 11.5 Å². The molecule has 0 aliphatic heterocycles. The van der Waals surface area contributed by atoms with Gasteiger partial charge in [-0.15, -0.1) is 0 Å². The fraction of sp³-hybridized carbons (Fsp3) is 0.667. The molecule has 2 rings (SSSR count). The third kappa shape index (κ3) is 2.52. The van der Waals surface area contributed by atoms with Gasteiger partial charge in [-0.25, -0.2) is 0 Å². The third-order valence-corrected chi connectivity index (χ3v) is 2.54. The molecule has 0 atom stereocenters. The summed E-state index contributed by atoms with van der Waals surface area (Å²) in [6, 6.07) is 1.42. The number of halogens is 1. The summed E-state index contributed by atoms with van der Waals surface area (Å²) < 4.78 is 24.0. The van der Waals surface area contributed by atoms with Gasteiger partial charge in [-0.05, 0) is 18.8 Å². The Hall–Kier alpha value is -0.990. The maximum Gasteiger partial charge on any atom is 0.322 e. The molecule has 1 aliphatic carbocycles. The summed E-state index contributed by atoms with van der Waals surface area (Å²) in [5.41, 5.74) is -0.179. The Bertz CT molecular complexity index is 345. The van der Waals surface area contributed by atoms with Gasteiger partial charge in [0.25, 0.3) is 0 Å². The first-order chi connectivity index (χ1) is 6.97. The molecule has 0 aromatic carbocycles. The number of hydrogen-bond acceptors (Lipinski definition) is 2. The Morgan fingerprint density at radius 1 is 1.47 bits per heavy atom. The second kappa shape index (κ2) is 3.54. The minimum Gasteiger partial charge on any atom is -0.463 e. The average Bonchev–Trinajstić information content (AvgIpc) is 2.86. The van der Waals surface area contributed by atoms with E-state index in [1.807, 2.05) is 20.8 Å². The van der Waals surface area contributed by atoms with E-state index >= 15 is 0 Å². The molecule has 0 amide bonds. The molecule has 3 heteroatoms. The van der Waals surface area contributed by atoms with Gasteiger partial charge in [-0.2, -0.15) is 4.39 Å². The zero-order valence-corrected chi connectivity index (χ0v) is 9.47. The summed E-state index contributed by atoms with van der Waals surface area (Å²) >= 11 is 0. The fourth-order valence-electron chi connectivity index (χ4n) is 1.30. The van der Waals surface area contributed by atoms with Gasteiger partial charge in [0.2, 0.25) is 5.82 Å². The minimum atomic E-state index is -0.388. The summed E-state index contributed by atoms with van der Waals surface area (Å²) in [7, 11) is 0. The lowest BCUT2D eigenvalue weighted by Crippen LogP contribution is -2.09. The van der Waals surface area contributed by atoms with Crippen LogP contribution in [0.2, 0.25) is 0 Å². The van der Waals surface area contributed by atoms with Gasteiger partial charge in [0.1, 0.15) is 5.76 Å². The molecule has 0 unspecified atom stereocenters. The fourth-order valence-corrected chi connectivity index (χ4v) is 1.30. The normalized spacial score (nSPS) is 16.8. The van der Waals surface area contributed by atoms with Crippen LogP contribution in [0, 0.1) is 11.7 Å². The van der Waals surface area contributed by atoms with Gasteiger partial charge in [0.05, 0.1) is 6.61 Å². The average molecular weight is 212 g/mol. The van der Waals surface area contributed by atoms with Gasteiger partial charge >= 0.3 is 5.95 Å². The molecular formula is C12H17FO2. The van der Waals surface area contributed by atoms with E-state index in [0.717, 1.165) is 0 Å². The molecule has 0 radical (unpaired) electrons.